The Labute approximate surface area is 153 Å². The standard InChI is InChI=1S/C25H20O/c1-3-13-21(14-4-1)25(22-15-5-2-6-16-22)24(26-25)18-20-12-9-11-19-10-7-8-17-23(19)20/h1-17,24H,18H2. The number of hydrogen-bond donors (Lipinski definition) is 0. The average Bonchev–Trinajstić information content (AvgIpc) is 3.45. The summed E-state index contributed by atoms with van der Waals surface area (Å²) < 4.78 is 6.43. The molecular formula is C25H20O. The number of benzene rings is 4. The number of epoxide rings is 1. The Morgan fingerprint density at radius 1 is 0.615 bits per heavy atom. The number of fused-ring (bicyclic) bond motifs is 1. The third kappa shape index (κ3) is 2.44. The molecule has 0 aromatic heterocycles. The van der Waals surface area contributed by atoms with Crippen LogP contribution < -0.4 is 0 Å². The van der Waals surface area contributed by atoms with Gasteiger partial charge >= 0.3 is 0 Å². The van der Waals surface area contributed by atoms with Crippen molar-refractivity contribution in [1.29, 1.82) is 0 Å². The maximum absolute atomic E-state index is 6.43. The molecule has 0 N–H and O–H groups in total. The second-order valence-electron chi connectivity index (χ2n) is 6.92. The molecular weight excluding hydrogens is 316 g/mol. The normalized spacial score (nSPS) is 17.9. The monoisotopic (exact) mass is 336 g/mol. The minimum atomic E-state index is -0.334. The van der Waals surface area contributed by atoms with Gasteiger partial charge in [0.05, 0.1) is 0 Å². The van der Waals surface area contributed by atoms with Crippen LogP contribution in [0.25, 0.3) is 10.8 Å². The van der Waals surface area contributed by atoms with Crippen molar-refractivity contribution in [3.63, 3.8) is 0 Å². The van der Waals surface area contributed by atoms with Crippen LogP contribution in [0.2, 0.25) is 0 Å². The molecule has 4 aromatic carbocycles. The van der Waals surface area contributed by atoms with Crippen molar-refractivity contribution in [3.8, 4) is 0 Å². The summed E-state index contributed by atoms with van der Waals surface area (Å²) in [7, 11) is 0. The molecule has 1 aliphatic rings. The maximum atomic E-state index is 6.43. The predicted octanol–water partition coefficient (Wildman–Crippen LogP) is 5.72. The molecule has 1 aliphatic heterocycles. The van der Waals surface area contributed by atoms with Crippen LogP contribution in [0, 0.1) is 0 Å². The van der Waals surface area contributed by atoms with E-state index >= 15 is 0 Å². The predicted molar refractivity (Wildman–Crippen MR) is 106 cm³/mol. The molecule has 0 saturated carbocycles. The zero-order chi connectivity index (χ0) is 17.4. The van der Waals surface area contributed by atoms with Crippen molar-refractivity contribution >= 4 is 10.8 Å². The molecule has 1 atom stereocenters. The van der Waals surface area contributed by atoms with Gasteiger partial charge in [-0.1, -0.05) is 103 Å². The summed E-state index contributed by atoms with van der Waals surface area (Å²) in [6.07, 6.45) is 1.06. The van der Waals surface area contributed by atoms with E-state index in [2.05, 4.69) is 103 Å². The molecule has 0 bridgehead atoms. The molecule has 26 heavy (non-hydrogen) atoms. The molecule has 1 heteroatoms. The van der Waals surface area contributed by atoms with E-state index < -0.39 is 0 Å². The Bertz CT molecular complexity index is 992. The lowest BCUT2D eigenvalue weighted by Crippen LogP contribution is -2.16. The minimum Gasteiger partial charge on any atom is -0.355 e. The second-order valence-corrected chi connectivity index (χ2v) is 6.92. The van der Waals surface area contributed by atoms with Crippen LogP contribution in [0.15, 0.2) is 103 Å². The minimum absolute atomic E-state index is 0.151. The first kappa shape index (κ1) is 15.4. The largest absolute Gasteiger partial charge is 0.355 e. The van der Waals surface area contributed by atoms with Crippen molar-refractivity contribution < 1.29 is 4.74 Å². The summed E-state index contributed by atoms with van der Waals surface area (Å²) in [4.78, 5) is 0. The Balaban J connectivity index is 1.56. The van der Waals surface area contributed by atoms with E-state index in [1.54, 1.807) is 0 Å². The number of hydrogen-bond acceptors (Lipinski definition) is 1. The van der Waals surface area contributed by atoms with Gasteiger partial charge in [-0.15, -0.1) is 0 Å². The fourth-order valence-corrected chi connectivity index (χ4v) is 4.09. The fourth-order valence-electron chi connectivity index (χ4n) is 4.09. The Morgan fingerprint density at radius 3 is 1.88 bits per heavy atom. The van der Waals surface area contributed by atoms with E-state index in [0.29, 0.717) is 0 Å². The van der Waals surface area contributed by atoms with Crippen molar-refractivity contribution in [2.24, 2.45) is 0 Å². The molecule has 0 aliphatic carbocycles. The smallest absolute Gasteiger partial charge is 0.145 e. The first-order valence-electron chi connectivity index (χ1n) is 9.13. The van der Waals surface area contributed by atoms with Gasteiger partial charge in [0.2, 0.25) is 0 Å². The van der Waals surface area contributed by atoms with Crippen molar-refractivity contribution in [2.45, 2.75) is 18.1 Å². The van der Waals surface area contributed by atoms with Gasteiger partial charge in [0.1, 0.15) is 11.7 Å². The zero-order valence-electron chi connectivity index (χ0n) is 14.5. The van der Waals surface area contributed by atoms with E-state index in [0.717, 1.165) is 6.42 Å². The number of ether oxygens (including phenoxy) is 1. The molecule has 1 heterocycles. The second kappa shape index (κ2) is 6.12. The first-order valence-corrected chi connectivity index (χ1v) is 9.13. The average molecular weight is 336 g/mol. The van der Waals surface area contributed by atoms with Crippen LogP contribution >= 0.6 is 0 Å². The van der Waals surface area contributed by atoms with Crippen LogP contribution in [-0.4, -0.2) is 6.10 Å². The molecule has 0 amide bonds. The van der Waals surface area contributed by atoms with Crippen molar-refractivity contribution in [3.05, 3.63) is 120 Å². The van der Waals surface area contributed by atoms with Crippen molar-refractivity contribution in [2.75, 3.05) is 0 Å². The van der Waals surface area contributed by atoms with Gasteiger partial charge in [-0.05, 0) is 27.5 Å². The van der Waals surface area contributed by atoms with E-state index in [4.69, 9.17) is 4.74 Å². The summed E-state index contributed by atoms with van der Waals surface area (Å²) in [5.41, 5.74) is 3.48. The highest BCUT2D eigenvalue weighted by molar-refractivity contribution is 5.85. The van der Waals surface area contributed by atoms with Crippen LogP contribution in [0.1, 0.15) is 16.7 Å². The topological polar surface area (TPSA) is 12.5 Å². The molecule has 1 fully saturated rings. The van der Waals surface area contributed by atoms with E-state index in [1.165, 1.54) is 27.5 Å². The van der Waals surface area contributed by atoms with Gasteiger partial charge in [-0.25, -0.2) is 0 Å². The van der Waals surface area contributed by atoms with Crippen LogP contribution in [0.3, 0.4) is 0 Å². The van der Waals surface area contributed by atoms with Gasteiger partial charge in [0, 0.05) is 6.42 Å². The van der Waals surface area contributed by atoms with Gasteiger partial charge in [0.25, 0.3) is 0 Å². The van der Waals surface area contributed by atoms with E-state index in [-0.39, 0.29) is 11.7 Å². The Morgan fingerprint density at radius 2 is 1.19 bits per heavy atom. The summed E-state index contributed by atoms with van der Waals surface area (Å²) in [6, 6.07) is 36.3. The summed E-state index contributed by atoms with van der Waals surface area (Å²) in [5, 5.41) is 2.61. The molecule has 1 saturated heterocycles. The van der Waals surface area contributed by atoms with Gasteiger partial charge in [-0.2, -0.15) is 0 Å². The molecule has 0 spiro atoms. The summed E-state index contributed by atoms with van der Waals surface area (Å²) >= 11 is 0. The SMILES string of the molecule is c1ccc(C2(c3ccccc3)OC2Cc2cccc3ccccc23)cc1. The quantitative estimate of drug-likeness (QED) is 0.434. The summed E-state index contributed by atoms with van der Waals surface area (Å²) in [6.45, 7) is 0. The highest BCUT2D eigenvalue weighted by Crippen LogP contribution is 2.53. The van der Waals surface area contributed by atoms with Crippen molar-refractivity contribution in [1.82, 2.24) is 0 Å². The van der Waals surface area contributed by atoms with E-state index in [9.17, 15) is 0 Å². The van der Waals surface area contributed by atoms with Crippen LogP contribution in [0.5, 0.6) is 0 Å². The molecule has 126 valence electrons. The van der Waals surface area contributed by atoms with Gasteiger partial charge in [-0.3, -0.25) is 0 Å². The first-order chi connectivity index (χ1) is 12.9. The maximum Gasteiger partial charge on any atom is 0.145 e. The van der Waals surface area contributed by atoms with Crippen LogP contribution in [-0.2, 0) is 16.8 Å². The molecule has 1 nitrogen and oxygen atoms in total. The Hall–Kier alpha value is -2.90. The third-order valence-corrected chi connectivity index (χ3v) is 5.41. The highest BCUT2D eigenvalue weighted by Gasteiger charge is 2.58. The molecule has 5 rings (SSSR count). The lowest BCUT2D eigenvalue weighted by Gasteiger charge is -2.15. The van der Waals surface area contributed by atoms with Gasteiger partial charge < -0.3 is 4.74 Å². The third-order valence-electron chi connectivity index (χ3n) is 5.41. The molecule has 0 radical (unpaired) electrons. The lowest BCUT2D eigenvalue weighted by molar-refractivity contribution is 0.327. The molecule has 1 unspecified atom stereocenters. The lowest BCUT2D eigenvalue weighted by atomic mass is 9.85. The fraction of sp³-hybridized carbons (Fsp3) is 0.120. The van der Waals surface area contributed by atoms with Crippen LogP contribution in [0.4, 0.5) is 0 Å². The zero-order valence-corrected chi connectivity index (χ0v) is 14.5. The molecule has 4 aromatic rings. The highest BCUT2D eigenvalue weighted by atomic mass is 16.6. The summed E-state index contributed by atoms with van der Waals surface area (Å²) in [5.74, 6) is 0. The van der Waals surface area contributed by atoms with E-state index in [1.807, 2.05) is 0 Å². The Kier molecular flexibility index (Phi) is 3.62. The van der Waals surface area contributed by atoms with Gasteiger partial charge in [0.15, 0.2) is 0 Å². The number of rotatable bonds is 4.